The fourth-order valence-corrected chi connectivity index (χ4v) is 0.769. The van der Waals surface area contributed by atoms with E-state index in [1.54, 1.807) is 0 Å². The third-order valence-electron chi connectivity index (χ3n) is 0.694. The van der Waals surface area contributed by atoms with E-state index < -0.39 is 12.1 Å². The summed E-state index contributed by atoms with van der Waals surface area (Å²) in [4.78, 5) is 9.79. The summed E-state index contributed by atoms with van der Waals surface area (Å²) in [7, 11) is 0. The molecule has 1 amide bonds. The first-order valence-electron chi connectivity index (χ1n) is 2.30. The highest BCUT2D eigenvalue weighted by Gasteiger charge is 2.08. The topological polar surface area (TPSA) is 49.0 Å². The molecule has 0 aliphatic heterocycles. The molecule has 0 fully saturated rings. The molecule has 0 unspecified atom stereocenters. The van der Waals surface area contributed by atoms with E-state index in [0.29, 0.717) is 0 Å². The van der Waals surface area contributed by atoms with E-state index in [1.807, 2.05) is 5.32 Å². The molecular formula is C4H6Cl2NO2. The highest BCUT2D eigenvalue weighted by molar-refractivity contribution is 6.21. The van der Waals surface area contributed by atoms with E-state index >= 15 is 0 Å². The van der Waals surface area contributed by atoms with Crippen LogP contribution in [-0.2, 0) is 5.11 Å². The van der Waals surface area contributed by atoms with Crippen molar-refractivity contribution < 1.29 is 9.90 Å². The molecule has 9 heavy (non-hydrogen) atoms. The number of nitrogens with one attached hydrogen (secondary N) is 1. The van der Waals surface area contributed by atoms with Gasteiger partial charge in [0.2, 0.25) is 0 Å². The van der Waals surface area contributed by atoms with Gasteiger partial charge in [-0.1, -0.05) is 0 Å². The molecule has 0 saturated carbocycles. The van der Waals surface area contributed by atoms with E-state index in [4.69, 9.17) is 23.2 Å². The van der Waals surface area contributed by atoms with Crippen LogP contribution in [0.25, 0.3) is 0 Å². The Kier molecular flexibility index (Phi) is 4.62. The van der Waals surface area contributed by atoms with Crippen molar-refractivity contribution in [2.24, 2.45) is 0 Å². The van der Waals surface area contributed by atoms with Crippen LogP contribution < -0.4 is 5.32 Å². The van der Waals surface area contributed by atoms with Crippen LogP contribution in [-0.4, -0.2) is 23.9 Å². The zero-order valence-electron chi connectivity index (χ0n) is 4.56. The smallest absolute Gasteiger partial charge is 0.313 e. The summed E-state index contributed by atoms with van der Waals surface area (Å²) in [6, 6.07) is -0.404. The van der Waals surface area contributed by atoms with Crippen molar-refractivity contribution in [2.75, 3.05) is 11.8 Å². The zero-order valence-corrected chi connectivity index (χ0v) is 6.08. The fraction of sp³-hybridized carbons (Fsp3) is 0.750. The van der Waals surface area contributed by atoms with Crippen LogP contribution in [0.5, 0.6) is 0 Å². The monoisotopic (exact) mass is 170 g/mol. The highest BCUT2D eigenvalue weighted by Crippen LogP contribution is 1.90. The molecule has 0 rings (SSSR count). The lowest BCUT2D eigenvalue weighted by Gasteiger charge is -2.06. The van der Waals surface area contributed by atoms with Crippen molar-refractivity contribution in [2.45, 2.75) is 6.04 Å². The Morgan fingerprint density at radius 2 is 1.89 bits per heavy atom. The molecular weight excluding hydrogens is 165 g/mol. The Morgan fingerprint density at radius 3 is 2.00 bits per heavy atom. The van der Waals surface area contributed by atoms with Crippen LogP contribution in [0, 0.1) is 0 Å². The Morgan fingerprint density at radius 1 is 1.44 bits per heavy atom. The first-order chi connectivity index (χ1) is 4.20. The molecule has 0 aliphatic carbocycles. The number of rotatable bonds is 3. The van der Waals surface area contributed by atoms with Crippen LogP contribution in [0.15, 0.2) is 0 Å². The number of hydrogen-bond acceptors (Lipinski definition) is 1. The van der Waals surface area contributed by atoms with Gasteiger partial charge in [-0.3, -0.25) is 0 Å². The minimum absolute atomic E-state index is 0.164. The van der Waals surface area contributed by atoms with E-state index in [1.165, 1.54) is 0 Å². The number of hydrogen-bond donors (Lipinski definition) is 1. The average Bonchev–Trinajstić information content (AvgIpc) is 1.82. The quantitative estimate of drug-likeness (QED) is 0.632. The zero-order chi connectivity index (χ0) is 7.28. The van der Waals surface area contributed by atoms with E-state index in [0.717, 1.165) is 0 Å². The predicted octanol–water partition coefficient (Wildman–Crippen LogP) is 0.973. The number of halogens is 2. The Bertz CT molecular complexity index is 94.6. The van der Waals surface area contributed by atoms with Crippen molar-refractivity contribution in [3.63, 3.8) is 0 Å². The molecule has 0 bridgehead atoms. The SMILES string of the molecule is [O]C(=O)NC(CCl)CCl. The minimum Gasteiger partial charge on any atom is -0.313 e. The Balaban J connectivity index is 3.43. The molecule has 0 heterocycles. The van der Waals surface area contributed by atoms with Gasteiger partial charge >= 0.3 is 6.09 Å². The van der Waals surface area contributed by atoms with Crippen LogP contribution in [0.1, 0.15) is 0 Å². The van der Waals surface area contributed by atoms with E-state index in [-0.39, 0.29) is 11.8 Å². The third-order valence-corrected chi connectivity index (χ3v) is 1.44. The van der Waals surface area contributed by atoms with Crippen LogP contribution >= 0.6 is 23.2 Å². The van der Waals surface area contributed by atoms with Crippen molar-refractivity contribution in [3.05, 3.63) is 0 Å². The molecule has 0 aromatic rings. The molecule has 0 saturated heterocycles. The molecule has 53 valence electrons. The largest absolute Gasteiger partial charge is 0.450 e. The number of alkyl halides is 2. The Hall–Kier alpha value is -0.150. The van der Waals surface area contributed by atoms with Crippen LogP contribution in [0.2, 0.25) is 0 Å². The van der Waals surface area contributed by atoms with Gasteiger partial charge in [-0.2, -0.15) is 0 Å². The second-order valence-corrected chi connectivity index (χ2v) is 2.05. The highest BCUT2D eigenvalue weighted by atomic mass is 35.5. The minimum atomic E-state index is -1.35. The third kappa shape index (κ3) is 4.36. The lowest BCUT2D eigenvalue weighted by molar-refractivity contribution is 0.166. The van der Waals surface area contributed by atoms with Gasteiger partial charge in [0.05, 0.1) is 6.04 Å². The summed E-state index contributed by atoms with van der Waals surface area (Å²) in [5.74, 6) is 0.328. The van der Waals surface area contributed by atoms with Gasteiger partial charge in [0.25, 0.3) is 0 Å². The van der Waals surface area contributed by atoms with Crippen molar-refractivity contribution in [3.8, 4) is 0 Å². The molecule has 0 atom stereocenters. The summed E-state index contributed by atoms with van der Waals surface area (Å²) in [5, 5.41) is 11.8. The maximum Gasteiger partial charge on any atom is 0.450 e. The summed E-state index contributed by atoms with van der Waals surface area (Å²) < 4.78 is 0. The van der Waals surface area contributed by atoms with Gasteiger partial charge in [0, 0.05) is 11.8 Å². The lowest BCUT2D eigenvalue weighted by Crippen LogP contribution is -2.35. The summed E-state index contributed by atoms with van der Waals surface area (Å²) >= 11 is 10.5. The first-order valence-corrected chi connectivity index (χ1v) is 3.37. The summed E-state index contributed by atoms with van der Waals surface area (Å²) in [6.07, 6.45) is -1.35. The van der Waals surface area contributed by atoms with Gasteiger partial charge in [0.1, 0.15) is 0 Å². The molecule has 0 aliphatic rings. The molecule has 0 aromatic carbocycles. The van der Waals surface area contributed by atoms with E-state index in [2.05, 4.69) is 0 Å². The normalized spacial score (nSPS) is 9.67. The first kappa shape index (κ1) is 8.85. The standard InChI is InChI=1S/C4H6Cl2NO2/c5-1-3(2-6)7-4(8)9/h3,7H,1-2H2. The van der Waals surface area contributed by atoms with Gasteiger partial charge in [-0.15, -0.1) is 23.2 Å². The van der Waals surface area contributed by atoms with E-state index in [9.17, 15) is 9.90 Å². The molecule has 1 N–H and O–H groups in total. The maximum absolute atomic E-state index is 9.79. The predicted molar refractivity (Wildman–Crippen MR) is 34.4 cm³/mol. The van der Waals surface area contributed by atoms with Gasteiger partial charge < -0.3 is 5.32 Å². The molecule has 5 heteroatoms. The molecule has 0 aromatic heterocycles. The maximum atomic E-state index is 9.79. The number of carbonyl (C=O) groups excluding carboxylic acids is 1. The van der Waals surface area contributed by atoms with Crippen molar-refractivity contribution >= 4 is 29.3 Å². The Labute approximate surface area is 62.9 Å². The second kappa shape index (κ2) is 4.70. The molecule has 0 spiro atoms. The molecule has 1 radical (unpaired) electrons. The average molecular weight is 171 g/mol. The number of carbonyl (C=O) groups is 1. The molecule has 3 nitrogen and oxygen atoms in total. The van der Waals surface area contributed by atoms with Crippen molar-refractivity contribution in [1.29, 1.82) is 0 Å². The number of amides is 1. The van der Waals surface area contributed by atoms with Gasteiger partial charge in [0.15, 0.2) is 0 Å². The fourth-order valence-electron chi connectivity index (χ4n) is 0.285. The van der Waals surface area contributed by atoms with Crippen LogP contribution in [0.4, 0.5) is 4.79 Å². The summed E-state index contributed by atoms with van der Waals surface area (Å²) in [6.45, 7) is 0. The lowest BCUT2D eigenvalue weighted by atomic mass is 10.4. The summed E-state index contributed by atoms with van der Waals surface area (Å²) in [5.41, 5.74) is 0. The van der Waals surface area contributed by atoms with Gasteiger partial charge in [-0.05, 0) is 0 Å². The van der Waals surface area contributed by atoms with Crippen LogP contribution in [0.3, 0.4) is 0 Å². The van der Waals surface area contributed by atoms with Gasteiger partial charge in [-0.25, -0.2) is 9.90 Å². The second-order valence-electron chi connectivity index (χ2n) is 1.44. The van der Waals surface area contributed by atoms with Crippen molar-refractivity contribution in [1.82, 2.24) is 5.32 Å².